The Hall–Kier alpha value is -1.58. The summed E-state index contributed by atoms with van der Waals surface area (Å²) in [6, 6.07) is 3.37. The number of pyridine rings is 1. The summed E-state index contributed by atoms with van der Waals surface area (Å²) in [5, 5.41) is 0. The van der Waals surface area contributed by atoms with Gasteiger partial charge in [0, 0.05) is 5.69 Å². The van der Waals surface area contributed by atoms with Crippen molar-refractivity contribution in [3.63, 3.8) is 0 Å². The highest BCUT2D eigenvalue weighted by Crippen LogP contribution is 2.09. The molecule has 0 atom stereocenters. The Kier molecular flexibility index (Phi) is 2.28. The van der Waals surface area contributed by atoms with Crippen LogP contribution in [-0.4, -0.2) is 18.1 Å². The highest BCUT2D eigenvalue weighted by Gasteiger charge is 2.10. The number of rotatable bonds is 1. The molecule has 0 unspecified atom stereocenters. The smallest absolute Gasteiger partial charge is 0.358 e. The number of nitrogens with zero attached hydrogens (tertiary/aromatic N) is 1. The van der Waals surface area contributed by atoms with Gasteiger partial charge in [-0.15, -0.1) is 0 Å². The maximum atomic E-state index is 11.0. The van der Waals surface area contributed by atoms with Crippen molar-refractivity contribution < 1.29 is 9.53 Å². The summed E-state index contributed by atoms with van der Waals surface area (Å²) in [4.78, 5) is 15.0. The van der Waals surface area contributed by atoms with Gasteiger partial charge in [-0.25, -0.2) is 9.78 Å². The first-order valence-electron chi connectivity index (χ1n) is 3.46. The molecule has 0 aliphatic carbocycles. The fourth-order valence-electron chi connectivity index (χ4n) is 0.828. The van der Waals surface area contributed by atoms with Gasteiger partial charge < -0.3 is 10.5 Å². The number of anilines is 1. The molecule has 0 radical (unpaired) electrons. The zero-order valence-corrected chi connectivity index (χ0v) is 7.00. The van der Waals surface area contributed by atoms with E-state index in [9.17, 15) is 4.79 Å². The molecular weight excluding hydrogens is 156 g/mol. The standard InChI is InChI=1S/C8H10N2O2/c1-5-3-4-6(9)7(10-5)8(11)12-2/h3-4H,9H2,1-2H3. The number of methoxy groups -OCH3 is 1. The van der Waals surface area contributed by atoms with Crippen molar-refractivity contribution in [3.05, 3.63) is 23.5 Å². The molecule has 1 rings (SSSR count). The van der Waals surface area contributed by atoms with Crippen LogP contribution in [0.25, 0.3) is 0 Å². The minimum Gasteiger partial charge on any atom is -0.464 e. The maximum Gasteiger partial charge on any atom is 0.358 e. The van der Waals surface area contributed by atoms with Gasteiger partial charge in [-0.2, -0.15) is 0 Å². The van der Waals surface area contributed by atoms with Gasteiger partial charge in [0.15, 0.2) is 5.69 Å². The molecule has 2 N–H and O–H groups in total. The van der Waals surface area contributed by atoms with Gasteiger partial charge in [0.2, 0.25) is 0 Å². The average Bonchev–Trinajstić information content (AvgIpc) is 2.08. The third-order valence-electron chi connectivity index (χ3n) is 1.44. The van der Waals surface area contributed by atoms with Crippen LogP contribution in [0.4, 0.5) is 5.69 Å². The van der Waals surface area contributed by atoms with Crippen molar-refractivity contribution >= 4 is 11.7 Å². The number of hydrogen-bond donors (Lipinski definition) is 1. The van der Waals surface area contributed by atoms with Crippen LogP contribution in [-0.2, 0) is 4.74 Å². The number of aromatic nitrogens is 1. The van der Waals surface area contributed by atoms with E-state index in [1.165, 1.54) is 7.11 Å². The Labute approximate surface area is 70.4 Å². The van der Waals surface area contributed by atoms with Crippen LogP contribution in [0, 0.1) is 6.92 Å². The Bertz CT molecular complexity index is 310. The molecule has 1 aromatic heterocycles. The fraction of sp³-hybridized carbons (Fsp3) is 0.250. The molecule has 4 nitrogen and oxygen atoms in total. The van der Waals surface area contributed by atoms with E-state index in [4.69, 9.17) is 5.73 Å². The minimum atomic E-state index is -0.504. The third-order valence-corrected chi connectivity index (χ3v) is 1.44. The second-order valence-corrected chi connectivity index (χ2v) is 2.38. The fourth-order valence-corrected chi connectivity index (χ4v) is 0.828. The topological polar surface area (TPSA) is 65.2 Å². The van der Waals surface area contributed by atoms with E-state index >= 15 is 0 Å². The van der Waals surface area contributed by atoms with Gasteiger partial charge in [0.1, 0.15) is 0 Å². The van der Waals surface area contributed by atoms with Crippen LogP contribution in [0.1, 0.15) is 16.2 Å². The van der Waals surface area contributed by atoms with Crippen molar-refractivity contribution in [1.29, 1.82) is 0 Å². The Morgan fingerprint density at radius 3 is 2.83 bits per heavy atom. The lowest BCUT2D eigenvalue weighted by Gasteiger charge is -2.02. The first-order chi connectivity index (χ1) is 5.65. The number of hydrogen-bond acceptors (Lipinski definition) is 4. The van der Waals surface area contributed by atoms with E-state index < -0.39 is 5.97 Å². The van der Waals surface area contributed by atoms with E-state index in [1.54, 1.807) is 19.1 Å². The lowest BCUT2D eigenvalue weighted by atomic mass is 10.2. The monoisotopic (exact) mass is 166 g/mol. The summed E-state index contributed by atoms with van der Waals surface area (Å²) in [6.07, 6.45) is 0. The molecule has 64 valence electrons. The first kappa shape index (κ1) is 8.52. The van der Waals surface area contributed by atoms with E-state index in [0.29, 0.717) is 5.69 Å². The number of aryl methyl sites for hydroxylation is 1. The molecular formula is C8H10N2O2. The van der Waals surface area contributed by atoms with Crippen molar-refractivity contribution in [2.45, 2.75) is 6.92 Å². The van der Waals surface area contributed by atoms with Gasteiger partial charge in [-0.1, -0.05) is 0 Å². The summed E-state index contributed by atoms with van der Waals surface area (Å²) < 4.78 is 4.49. The van der Waals surface area contributed by atoms with E-state index in [2.05, 4.69) is 9.72 Å². The largest absolute Gasteiger partial charge is 0.464 e. The van der Waals surface area contributed by atoms with Crippen LogP contribution < -0.4 is 5.73 Å². The summed E-state index contributed by atoms with van der Waals surface area (Å²) in [5.74, 6) is -0.504. The molecule has 0 fully saturated rings. The van der Waals surface area contributed by atoms with Gasteiger partial charge in [0.05, 0.1) is 12.8 Å². The van der Waals surface area contributed by atoms with Crippen LogP contribution in [0.15, 0.2) is 12.1 Å². The highest BCUT2D eigenvalue weighted by molar-refractivity contribution is 5.92. The summed E-state index contributed by atoms with van der Waals surface area (Å²) >= 11 is 0. The first-order valence-corrected chi connectivity index (χ1v) is 3.46. The predicted molar refractivity (Wildman–Crippen MR) is 44.7 cm³/mol. The van der Waals surface area contributed by atoms with Gasteiger partial charge in [-0.3, -0.25) is 0 Å². The van der Waals surface area contributed by atoms with Crippen LogP contribution in [0.5, 0.6) is 0 Å². The number of nitrogens with two attached hydrogens (primary N) is 1. The second kappa shape index (κ2) is 3.21. The van der Waals surface area contributed by atoms with Crippen molar-refractivity contribution in [2.24, 2.45) is 0 Å². The normalized spacial score (nSPS) is 9.50. The molecule has 0 aromatic carbocycles. The van der Waals surface area contributed by atoms with Crippen LogP contribution in [0.3, 0.4) is 0 Å². The number of carbonyl (C=O) groups excluding carboxylic acids is 1. The molecule has 0 bridgehead atoms. The predicted octanol–water partition coefficient (Wildman–Crippen LogP) is 0.759. The highest BCUT2D eigenvalue weighted by atomic mass is 16.5. The Balaban J connectivity index is 3.13. The van der Waals surface area contributed by atoms with Crippen molar-refractivity contribution in [1.82, 2.24) is 4.98 Å². The Morgan fingerprint density at radius 2 is 2.25 bits per heavy atom. The van der Waals surface area contributed by atoms with Crippen LogP contribution in [0.2, 0.25) is 0 Å². The third kappa shape index (κ3) is 1.53. The molecule has 0 saturated carbocycles. The molecule has 0 aliphatic heterocycles. The van der Waals surface area contributed by atoms with Crippen molar-refractivity contribution in [2.75, 3.05) is 12.8 Å². The van der Waals surface area contributed by atoms with Gasteiger partial charge in [0.25, 0.3) is 0 Å². The molecule has 0 amide bonds. The molecule has 0 spiro atoms. The molecule has 4 heteroatoms. The number of nitrogen functional groups attached to an aromatic ring is 1. The van der Waals surface area contributed by atoms with Crippen LogP contribution >= 0.6 is 0 Å². The quantitative estimate of drug-likeness (QED) is 0.625. The zero-order chi connectivity index (χ0) is 9.14. The molecule has 12 heavy (non-hydrogen) atoms. The molecule has 0 saturated heterocycles. The van der Waals surface area contributed by atoms with Gasteiger partial charge >= 0.3 is 5.97 Å². The number of esters is 1. The lowest BCUT2D eigenvalue weighted by Crippen LogP contribution is -2.08. The lowest BCUT2D eigenvalue weighted by molar-refractivity contribution is 0.0595. The van der Waals surface area contributed by atoms with Gasteiger partial charge in [-0.05, 0) is 19.1 Å². The zero-order valence-electron chi connectivity index (χ0n) is 7.00. The summed E-state index contributed by atoms with van der Waals surface area (Å²) in [6.45, 7) is 1.78. The molecule has 0 aliphatic rings. The molecule has 1 aromatic rings. The number of ether oxygens (including phenoxy) is 1. The van der Waals surface area contributed by atoms with Crippen molar-refractivity contribution in [3.8, 4) is 0 Å². The minimum absolute atomic E-state index is 0.178. The van der Waals surface area contributed by atoms with E-state index in [-0.39, 0.29) is 5.69 Å². The summed E-state index contributed by atoms with van der Waals surface area (Å²) in [5.41, 5.74) is 6.76. The molecule has 1 heterocycles. The van der Waals surface area contributed by atoms with E-state index in [0.717, 1.165) is 5.69 Å². The Morgan fingerprint density at radius 1 is 1.58 bits per heavy atom. The second-order valence-electron chi connectivity index (χ2n) is 2.38. The average molecular weight is 166 g/mol. The summed E-state index contributed by atoms with van der Waals surface area (Å²) in [7, 11) is 1.30. The number of carbonyl (C=O) groups is 1. The maximum absolute atomic E-state index is 11.0. The SMILES string of the molecule is COC(=O)c1nc(C)ccc1N. The van der Waals surface area contributed by atoms with E-state index in [1.807, 2.05) is 0 Å².